The number of rotatable bonds is 6. The van der Waals surface area contributed by atoms with Gasteiger partial charge in [0.2, 0.25) is 0 Å². The molecule has 0 radical (unpaired) electrons. The molecule has 0 bridgehead atoms. The van der Waals surface area contributed by atoms with E-state index in [1.54, 1.807) is 0 Å². The number of nitrogens with zero attached hydrogens (tertiary/aromatic N) is 2. The first-order chi connectivity index (χ1) is 13.4. The van der Waals surface area contributed by atoms with Gasteiger partial charge in [-0.25, -0.2) is 19.0 Å². The fourth-order valence-electron chi connectivity index (χ4n) is 2.68. The largest absolute Gasteiger partial charge is 0.497 e. The highest BCUT2D eigenvalue weighted by molar-refractivity contribution is 6.53. The van der Waals surface area contributed by atoms with E-state index in [1.807, 2.05) is 0 Å². The summed E-state index contributed by atoms with van der Waals surface area (Å²) in [4.78, 5) is 50.6. The quantitative estimate of drug-likeness (QED) is 0.428. The molecular formula is C19H15FN2O6. The Balaban J connectivity index is 1.81. The highest BCUT2D eigenvalue weighted by atomic mass is 19.1. The molecule has 4 amide bonds. The third kappa shape index (κ3) is 3.29. The maximum Gasteiger partial charge on any atom is 0.339 e. The Hall–Kier alpha value is -3.75. The Morgan fingerprint density at radius 3 is 2.21 bits per heavy atom. The third-order valence-electron chi connectivity index (χ3n) is 4.16. The highest BCUT2D eigenvalue weighted by Gasteiger charge is 2.46. The number of ketones is 1. The first-order valence-corrected chi connectivity index (χ1v) is 8.08. The van der Waals surface area contributed by atoms with Crippen LogP contribution in [0.2, 0.25) is 0 Å². The van der Waals surface area contributed by atoms with Crippen LogP contribution in [-0.2, 0) is 9.59 Å². The van der Waals surface area contributed by atoms with E-state index in [9.17, 15) is 23.6 Å². The first-order valence-electron chi connectivity index (χ1n) is 8.08. The molecule has 1 heterocycles. The van der Waals surface area contributed by atoms with Crippen molar-refractivity contribution in [3.8, 4) is 11.5 Å². The summed E-state index contributed by atoms with van der Waals surface area (Å²) in [5.41, 5.74) is 0.101. The average molecular weight is 386 g/mol. The molecule has 1 aliphatic heterocycles. The van der Waals surface area contributed by atoms with E-state index < -0.39 is 36.0 Å². The lowest BCUT2D eigenvalue weighted by molar-refractivity contribution is -0.139. The van der Waals surface area contributed by atoms with E-state index in [0.29, 0.717) is 15.5 Å². The van der Waals surface area contributed by atoms with Crippen molar-refractivity contribution in [2.24, 2.45) is 0 Å². The van der Waals surface area contributed by atoms with E-state index in [-0.39, 0.29) is 17.0 Å². The number of hydrogen-bond donors (Lipinski definition) is 0. The predicted molar refractivity (Wildman–Crippen MR) is 94.9 cm³/mol. The molecule has 0 N–H and O–H groups in total. The minimum atomic E-state index is -1.14. The normalized spacial score (nSPS) is 13.9. The summed E-state index contributed by atoms with van der Waals surface area (Å²) in [6.45, 7) is -0.693. The van der Waals surface area contributed by atoms with Gasteiger partial charge in [-0.1, -0.05) is 0 Å². The number of carbonyl (C=O) groups excluding carboxylic acids is 4. The van der Waals surface area contributed by atoms with Gasteiger partial charge in [-0.3, -0.25) is 14.4 Å². The number of Topliss-reactive ketones (excluding diaryl/α,β-unsaturated/α-hetero) is 1. The Bertz CT molecular complexity index is 973. The van der Waals surface area contributed by atoms with E-state index in [0.717, 1.165) is 6.07 Å². The molecule has 0 aliphatic carbocycles. The molecule has 1 saturated heterocycles. The Morgan fingerprint density at radius 2 is 1.64 bits per heavy atom. The van der Waals surface area contributed by atoms with Gasteiger partial charge in [0.15, 0.2) is 17.3 Å². The maximum absolute atomic E-state index is 13.8. The minimum absolute atomic E-state index is 0.0502. The smallest absolute Gasteiger partial charge is 0.339 e. The van der Waals surface area contributed by atoms with E-state index >= 15 is 0 Å². The number of imide groups is 2. The molecule has 1 fully saturated rings. The van der Waals surface area contributed by atoms with Crippen LogP contribution in [-0.4, -0.2) is 49.3 Å². The van der Waals surface area contributed by atoms with Crippen molar-refractivity contribution in [3.63, 3.8) is 0 Å². The number of carbonyl (C=O) groups is 4. The van der Waals surface area contributed by atoms with Crippen molar-refractivity contribution in [2.45, 2.75) is 0 Å². The van der Waals surface area contributed by atoms with Gasteiger partial charge in [0, 0.05) is 5.56 Å². The predicted octanol–water partition coefficient (Wildman–Crippen LogP) is 2.02. The van der Waals surface area contributed by atoms with Gasteiger partial charge >= 0.3 is 17.8 Å². The molecule has 8 nitrogen and oxygen atoms in total. The average Bonchev–Trinajstić information content (AvgIpc) is 2.91. The Morgan fingerprint density at radius 1 is 0.964 bits per heavy atom. The molecular weight excluding hydrogens is 371 g/mol. The maximum atomic E-state index is 13.8. The number of amides is 4. The van der Waals surface area contributed by atoms with E-state index in [1.165, 1.54) is 50.6 Å². The molecule has 0 unspecified atom stereocenters. The topological polar surface area (TPSA) is 93.2 Å². The monoisotopic (exact) mass is 386 g/mol. The molecule has 0 atom stereocenters. The second-order valence-electron chi connectivity index (χ2n) is 5.78. The van der Waals surface area contributed by atoms with Gasteiger partial charge < -0.3 is 9.47 Å². The molecule has 1 aliphatic rings. The zero-order chi connectivity index (χ0) is 20.4. The second-order valence-corrected chi connectivity index (χ2v) is 5.78. The molecule has 0 spiro atoms. The first kappa shape index (κ1) is 19.0. The molecule has 0 aromatic heterocycles. The van der Waals surface area contributed by atoms with Crippen LogP contribution in [0.3, 0.4) is 0 Å². The van der Waals surface area contributed by atoms with Crippen molar-refractivity contribution in [3.05, 3.63) is 53.8 Å². The van der Waals surface area contributed by atoms with Gasteiger partial charge in [0.1, 0.15) is 5.75 Å². The summed E-state index contributed by atoms with van der Waals surface area (Å²) >= 11 is 0. The lowest BCUT2D eigenvalue weighted by Crippen LogP contribution is -2.37. The standard InChI is InChI=1S/C19H15FN2O6/c1-27-13-6-4-12(5-7-13)22-18(25)17(24)21(19(22)26)10-15(23)11-3-8-16(28-2)14(20)9-11/h3-9H,10H2,1-2H3. The van der Waals surface area contributed by atoms with Crippen LogP contribution in [0.4, 0.5) is 14.9 Å². The van der Waals surface area contributed by atoms with Crippen molar-refractivity contribution < 1.29 is 33.0 Å². The van der Waals surface area contributed by atoms with Crippen molar-refractivity contribution >= 4 is 29.3 Å². The SMILES string of the molecule is COc1ccc(N2C(=O)C(=O)N(CC(=O)c3ccc(OC)c(F)c3)C2=O)cc1. The number of benzene rings is 2. The fraction of sp³-hybridized carbons (Fsp3) is 0.158. The summed E-state index contributed by atoms with van der Waals surface area (Å²) in [5, 5.41) is 0. The van der Waals surface area contributed by atoms with Crippen molar-refractivity contribution in [1.29, 1.82) is 0 Å². The number of urea groups is 1. The molecule has 144 valence electrons. The summed E-state index contributed by atoms with van der Waals surface area (Å²) in [5.74, 6) is -3.23. The van der Waals surface area contributed by atoms with Crippen LogP contribution in [0, 0.1) is 5.82 Å². The second kappa shape index (κ2) is 7.47. The van der Waals surface area contributed by atoms with E-state index in [2.05, 4.69) is 0 Å². The zero-order valence-corrected chi connectivity index (χ0v) is 15.0. The van der Waals surface area contributed by atoms with Gasteiger partial charge in [0.25, 0.3) is 0 Å². The molecule has 28 heavy (non-hydrogen) atoms. The summed E-state index contributed by atoms with van der Waals surface area (Å²) in [6, 6.07) is 8.46. The summed E-state index contributed by atoms with van der Waals surface area (Å²) in [7, 11) is 2.74. The molecule has 2 aromatic carbocycles. The minimum Gasteiger partial charge on any atom is -0.497 e. The third-order valence-corrected chi connectivity index (χ3v) is 4.16. The molecule has 9 heteroatoms. The number of hydrogen-bond acceptors (Lipinski definition) is 6. The van der Waals surface area contributed by atoms with Gasteiger partial charge in [-0.15, -0.1) is 0 Å². The van der Waals surface area contributed by atoms with Crippen LogP contribution in [0.15, 0.2) is 42.5 Å². The Labute approximate surface area is 159 Å². The van der Waals surface area contributed by atoms with Crippen LogP contribution in [0.25, 0.3) is 0 Å². The lowest BCUT2D eigenvalue weighted by atomic mass is 10.1. The van der Waals surface area contributed by atoms with Crippen molar-refractivity contribution in [1.82, 2.24) is 4.90 Å². The number of halogens is 1. The molecule has 2 aromatic rings. The van der Waals surface area contributed by atoms with Crippen molar-refractivity contribution in [2.75, 3.05) is 25.7 Å². The van der Waals surface area contributed by atoms with Crippen LogP contribution < -0.4 is 14.4 Å². The zero-order valence-electron chi connectivity index (χ0n) is 15.0. The van der Waals surface area contributed by atoms with Gasteiger partial charge in [-0.05, 0) is 42.5 Å². The van der Waals surface area contributed by atoms with Crippen LogP contribution >= 0.6 is 0 Å². The lowest BCUT2D eigenvalue weighted by Gasteiger charge is -2.15. The number of anilines is 1. The fourth-order valence-corrected chi connectivity index (χ4v) is 2.68. The van der Waals surface area contributed by atoms with Crippen LogP contribution in [0.1, 0.15) is 10.4 Å². The summed E-state index contributed by atoms with van der Waals surface area (Å²) in [6.07, 6.45) is 0. The number of methoxy groups -OCH3 is 2. The Kier molecular flexibility index (Phi) is 5.08. The van der Waals surface area contributed by atoms with Gasteiger partial charge in [-0.2, -0.15) is 0 Å². The van der Waals surface area contributed by atoms with Gasteiger partial charge in [0.05, 0.1) is 26.5 Å². The highest BCUT2D eigenvalue weighted by Crippen LogP contribution is 2.25. The van der Waals surface area contributed by atoms with Crippen LogP contribution in [0.5, 0.6) is 11.5 Å². The molecule has 0 saturated carbocycles. The summed E-state index contributed by atoms with van der Waals surface area (Å²) < 4.78 is 23.6. The molecule has 3 rings (SSSR count). The number of ether oxygens (including phenoxy) is 2. The van der Waals surface area contributed by atoms with E-state index in [4.69, 9.17) is 9.47 Å².